The minimum absolute atomic E-state index is 0. The minimum Gasteiger partial charge on any atom is -0.324 e. The number of hydrogen-bond donors (Lipinski definition) is 2. The topological polar surface area (TPSA) is 57.5 Å². The number of hydrogen-bond acceptors (Lipinski definition) is 1. The van der Waals surface area contributed by atoms with Gasteiger partial charge in [-0.25, -0.2) is 0 Å². The van der Waals surface area contributed by atoms with Crippen LogP contribution in [0.3, 0.4) is 0 Å². The van der Waals surface area contributed by atoms with Gasteiger partial charge in [-0.1, -0.05) is 13.8 Å². The smallest absolute Gasteiger partial charge is 0.324 e. The van der Waals surface area contributed by atoms with Crippen molar-refractivity contribution in [2.24, 2.45) is 5.92 Å². The van der Waals surface area contributed by atoms with Crippen molar-refractivity contribution in [2.45, 2.75) is 13.8 Å². The van der Waals surface area contributed by atoms with Crippen LogP contribution in [0.2, 0.25) is 0 Å². The molecular weight excluding hydrogens is 198 g/mol. The molecule has 66 valence electrons. The summed E-state index contributed by atoms with van der Waals surface area (Å²) < 4.78 is 10.1. The Morgan fingerprint density at radius 3 is 1.60 bits per heavy atom. The second kappa shape index (κ2) is 6.44. The molecule has 0 aromatic rings. The van der Waals surface area contributed by atoms with Crippen molar-refractivity contribution in [3.05, 3.63) is 0 Å². The van der Waals surface area contributed by atoms with Crippen LogP contribution in [0.25, 0.3) is 0 Å². The second-order valence-corrected chi connectivity index (χ2v) is 3.94. The van der Waals surface area contributed by atoms with Gasteiger partial charge in [0.2, 0.25) is 0 Å². The molecule has 0 aliphatic carbocycles. The van der Waals surface area contributed by atoms with Crippen LogP contribution >= 0.6 is 32.4 Å². The van der Waals surface area contributed by atoms with Crippen LogP contribution in [-0.2, 0) is 4.57 Å². The maximum absolute atomic E-state index is 10.1. The van der Waals surface area contributed by atoms with E-state index >= 15 is 0 Å². The lowest BCUT2D eigenvalue weighted by molar-refractivity contribution is 0.366. The summed E-state index contributed by atoms with van der Waals surface area (Å²) in [5.74, 6) is 0.0795. The lowest BCUT2D eigenvalue weighted by Gasteiger charge is -2.04. The summed E-state index contributed by atoms with van der Waals surface area (Å²) in [5, 5.41) is 0. The van der Waals surface area contributed by atoms with Crippen molar-refractivity contribution in [1.29, 1.82) is 0 Å². The van der Waals surface area contributed by atoms with Crippen LogP contribution in [0, 0.1) is 5.92 Å². The molecule has 0 aromatic heterocycles. The Morgan fingerprint density at radius 1 is 1.30 bits per heavy atom. The maximum atomic E-state index is 10.1. The van der Waals surface area contributed by atoms with E-state index in [0.29, 0.717) is 0 Å². The average molecular weight is 211 g/mol. The minimum atomic E-state index is -3.72. The molecule has 0 saturated heterocycles. The highest BCUT2D eigenvalue weighted by Crippen LogP contribution is 2.36. The molecular formula is C4H13Cl2O3P. The van der Waals surface area contributed by atoms with E-state index < -0.39 is 7.60 Å². The molecule has 0 amide bonds. The molecule has 0 saturated carbocycles. The average Bonchev–Trinajstić information content (AvgIpc) is 1.21. The first-order valence-corrected chi connectivity index (χ1v) is 4.26. The highest BCUT2D eigenvalue weighted by Gasteiger charge is 2.13. The van der Waals surface area contributed by atoms with E-state index in [1.54, 1.807) is 13.8 Å². The van der Waals surface area contributed by atoms with Gasteiger partial charge in [-0.3, -0.25) is 4.57 Å². The Hall–Kier alpha value is 0.730. The summed E-state index contributed by atoms with van der Waals surface area (Å²) in [6.07, 6.45) is -0.00694. The molecule has 3 nitrogen and oxygen atoms in total. The van der Waals surface area contributed by atoms with Gasteiger partial charge in [0.05, 0.1) is 6.16 Å². The van der Waals surface area contributed by atoms with Gasteiger partial charge < -0.3 is 9.79 Å². The third-order valence-corrected chi connectivity index (χ3v) is 1.81. The third kappa shape index (κ3) is 15.9. The van der Waals surface area contributed by atoms with E-state index in [9.17, 15) is 4.57 Å². The van der Waals surface area contributed by atoms with Crippen LogP contribution in [0.4, 0.5) is 0 Å². The first kappa shape index (κ1) is 17.0. The van der Waals surface area contributed by atoms with E-state index in [2.05, 4.69) is 0 Å². The standard InChI is InChI=1S/C4H11O3P.2ClH/c1-4(2)3-8(5,6)7;;/h4H,3H2,1-2H3,(H2,5,6,7);2*1H. The van der Waals surface area contributed by atoms with Crippen LogP contribution in [0.15, 0.2) is 0 Å². The molecule has 0 aliphatic heterocycles. The normalized spacial score (nSPS) is 10.1. The molecule has 0 fully saturated rings. The highest BCUT2D eigenvalue weighted by molar-refractivity contribution is 7.51. The highest BCUT2D eigenvalue weighted by atomic mass is 35.5. The lowest BCUT2D eigenvalue weighted by Crippen LogP contribution is -1.95. The largest absolute Gasteiger partial charge is 0.325 e. The molecule has 0 aliphatic rings. The van der Waals surface area contributed by atoms with Crippen LogP contribution in [0.1, 0.15) is 13.8 Å². The zero-order valence-corrected chi connectivity index (χ0v) is 8.38. The molecule has 0 radical (unpaired) electrons. The van der Waals surface area contributed by atoms with Crippen molar-refractivity contribution >= 4 is 32.4 Å². The Morgan fingerprint density at radius 2 is 1.60 bits per heavy atom. The summed E-state index contributed by atoms with van der Waals surface area (Å²) in [6.45, 7) is 3.55. The predicted molar refractivity (Wildman–Crippen MR) is 46.2 cm³/mol. The van der Waals surface area contributed by atoms with Crippen molar-refractivity contribution in [3.8, 4) is 0 Å². The van der Waals surface area contributed by atoms with E-state index in [1.165, 1.54) is 0 Å². The molecule has 0 heterocycles. The SMILES string of the molecule is CC(C)CP(=O)(O)O.Cl.Cl. The Bertz CT molecular complexity index is 111. The quantitative estimate of drug-likeness (QED) is 0.683. The summed E-state index contributed by atoms with van der Waals surface area (Å²) in [6, 6.07) is 0. The molecule has 2 N–H and O–H groups in total. The first-order valence-electron chi connectivity index (χ1n) is 2.46. The second-order valence-electron chi connectivity index (χ2n) is 2.24. The van der Waals surface area contributed by atoms with Gasteiger partial charge in [0.25, 0.3) is 0 Å². The first-order chi connectivity index (χ1) is 3.42. The molecule has 10 heavy (non-hydrogen) atoms. The van der Waals surface area contributed by atoms with Crippen molar-refractivity contribution in [1.82, 2.24) is 0 Å². The molecule has 0 atom stereocenters. The fraction of sp³-hybridized carbons (Fsp3) is 1.00. The third-order valence-electron chi connectivity index (χ3n) is 0.603. The number of halogens is 2. The lowest BCUT2D eigenvalue weighted by atomic mass is 10.3. The Labute approximate surface area is 73.2 Å². The van der Waals surface area contributed by atoms with Gasteiger partial charge in [0.1, 0.15) is 0 Å². The molecule has 6 heteroatoms. The van der Waals surface area contributed by atoms with E-state index in [-0.39, 0.29) is 36.9 Å². The fourth-order valence-corrected chi connectivity index (χ4v) is 1.43. The van der Waals surface area contributed by atoms with E-state index in [0.717, 1.165) is 0 Å². The van der Waals surface area contributed by atoms with Gasteiger partial charge in [-0.05, 0) is 5.92 Å². The summed E-state index contributed by atoms with van der Waals surface area (Å²) in [5.41, 5.74) is 0. The van der Waals surface area contributed by atoms with Gasteiger partial charge >= 0.3 is 7.60 Å². The molecule has 0 aromatic carbocycles. The van der Waals surface area contributed by atoms with Crippen molar-refractivity contribution < 1.29 is 14.4 Å². The van der Waals surface area contributed by atoms with Gasteiger partial charge in [-0.15, -0.1) is 24.8 Å². The monoisotopic (exact) mass is 210 g/mol. The summed E-state index contributed by atoms with van der Waals surface area (Å²) in [4.78, 5) is 16.6. The zero-order valence-electron chi connectivity index (χ0n) is 5.85. The van der Waals surface area contributed by atoms with E-state index in [1.807, 2.05) is 0 Å². The van der Waals surface area contributed by atoms with Crippen molar-refractivity contribution in [2.75, 3.05) is 6.16 Å². The Kier molecular flexibility index (Phi) is 10.9. The van der Waals surface area contributed by atoms with Gasteiger partial charge in [0, 0.05) is 0 Å². The van der Waals surface area contributed by atoms with Gasteiger partial charge in [-0.2, -0.15) is 0 Å². The number of rotatable bonds is 2. The molecule has 0 spiro atoms. The fourth-order valence-electron chi connectivity index (χ4n) is 0.476. The van der Waals surface area contributed by atoms with Crippen molar-refractivity contribution in [3.63, 3.8) is 0 Å². The van der Waals surface area contributed by atoms with E-state index in [4.69, 9.17) is 9.79 Å². The summed E-state index contributed by atoms with van der Waals surface area (Å²) >= 11 is 0. The predicted octanol–water partition coefficient (Wildman–Crippen LogP) is 1.66. The van der Waals surface area contributed by atoms with Crippen LogP contribution in [-0.4, -0.2) is 15.9 Å². The zero-order chi connectivity index (χ0) is 6.78. The Balaban J connectivity index is -0.000000245. The molecule has 0 unspecified atom stereocenters. The molecule has 0 rings (SSSR count). The maximum Gasteiger partial charge on any atom is 0.325 e. The van der Waals surface area contributed by atoms with Crippen LogP contribution < -0.4 is 0 Å². The van der Waals surface area contributed by atoms with Crippen LogP contribution in [0.5, 0.6) is 0 Å². The summed E-state index contributed by atoms with van der Waals surface area (Å²) in [7, 11) is -3.72. The van der Waals surface area contributed by atoms with Gasteiger partial charge in [0.15, 0.2) is 0 Å². The molecule has 0 bridgehead atoms.